The summed E-state index contributed by atoms with van der Waals surface area (Å²) >= 11 is 0. The van der Waals surface area contributed by atoms with E-state index < -0.39 is 17.7 Å². The van der Waals surface area contributed by atoms with Crippen molar-refractivity contribution < 1.29 is 10.2 Å². The molecule has 3 unspecified atom stereocenters. The molecule has 3 N–H and O–H groups in total. The predicted molar refractivity (Wildman–Crippen MR) is 89.2 cm³/mol. The molecule has 1 aliphatic rings. The van der Waals surface area contributed by atoms with E-state index in [-0.39, 0.29) is 12.8 Å². The Morgan fingerprint density at radius 2 is 2.36 bits per heavy atom. The van der Waals surface area contributed by atoms with E-state index in [1.165, 1.54) is 6.33 Å². The molecule has 1 fully saturated rings. The number of H-pyrrole nitrogens is 1. The number of aliphatic hydroxyl groups is 2. The number of hydrogen-bond acceptors (Lipinski definition) is 6. The van der Waals surface area contributed by atoms with E-state index in [2.05, 4.69) is 26.1 Å². The molecule has 1 saturated carbocycles. The SMILES string of the molecule is N#CCC(n1cc(-c2ncnc3[nH]ccc23)cn1)C1(O)CCC(O)C1. The highest BCUT2D eigenvalue weighted by Gasteiger charge is 2.44. The lowest BCUT2D eigenvalue weighted by molar-refractivity contribution is -0.0191. The van der Waals surface area contributed by atoms with Crippen LogP contribution in [-0.2, 0) is 0 Å². The van der Waals surface area contributed by atoms with Crippen LogP contribution in [0.1, 0.15) is 31.7 Å². The van der Waals surface area contributed by atoms with Gasteiger partial charge in [0.25, 0.3) is 0 Å². The summed E-state index contributed by atoms with van der Waals surface area (Å²) in [5.74, 6) is 0. The van der Waals surface area contributed by atoms with Gasteiger partial charge >= 0.3 is 0 Å². The van der Waals surface area contributed by atoms with Crippen LogP contribution in [0.5, 0.6) is 0 Å². The van der Waals surface area contributed by atoms with E-state index in [0.717, 1.165) is 22.3 Å². The van der Waals surface area contributed by atoms with Gasteiger partial charge in [0.2, 0.25) is 0 Å². The highest BCUT2D eigenvalue weighted by molar-refractivity contribution is 5.89. The average Bonchev–Trinajstić information content (AvgIpc) is 3.32. The summed E-state index contributed by atoms with van der Waals surface area (Å²) in [4.78, 5) is 11.6. The lowest BCUT2D eigenvalue weighted by Gasteiger charge is -2.31. The molecular weight excluding hydrogens is 320 g/mol. The number of nitrogens with one attached hydrogen (secondary N) is 1. The second kappa shape index (κ2) is 5.95. The molecule has 8 nitrogen and oxygen atoms in total. The maximum absolute atomic E-state index is 10.9. The molecule has 4 rings (SSSR count). The zero-order valence-electron chi connectivity index (χ0n) is 13.5. The molecular formula is C17H18N6O2. The van der Waals surface area contributed by atoms with Crippen LogP contribution in [-0.4, -0.2) is 46.7 Å². The summed E-state index contributed by atoms with van der Waals surface area (Å²) in [5, 5.41) is 35.2. The summed E-state index contributed by atoms with van der Waals surface area (Å²) in [5.41, 5.74) is 1.14. The quantitative estimate of drug-likeness (QED) is 0.663. The zero-order chi connectivity index (χ0) is 17.4. The lowest BCUT2D eigenvalue weighted by Crippen LogP contribution is -2.37. The van der Waals surface area contributed by atoms with Gasteiger partial charge in [-0.05, 0) is 18.9 Å². The van der Waals surface area contributed by atoms with Gasteiger partial charge in [-0.1, -0.05) is 0 Å². The highest BCUT2D eigenvalue weighted by Crippen LogP contribution is 2.40. The molecule has 0 spiro atoms. The fraction of sp³-hybridized carbons (Fsp3) is 0.412. The number of hydrogen-bond donors (Lipinski definition) is 3. The van der Waals surface area contributed by atoms with Crippen molar-refractivity contribution in [2.75, 3.05) is 0 Å². The molecule has 0 saturated heterocycles. The van der Waals surface area contributed by atoms with Gasteiger partial charge in [0, 0.05) is 29.8 Å². The Morgan fingerprint density at radius 1 is 1.48 bits per heavy atom. The molecule has 8 heteroatoms. The van der Waals surface area contributed by atoms with Gasteiger partial charge in [-0.25, -0.2) is 9.97 Å². The molecule has 0 bridgehead atoms. The van der Waals surface area contributed by atoms with Crippen molar-refractivity contribution in [2.24, 2.45) is 0 Å². The number of nitriles is 1. The molecule has 25 heavy (non-hydrogen) atoms. The van der Waals surface area contributed by atoms with E-state index in [1.807, 2.05) is 6.07 Å². The number of aliphatic hydroxyl groups excluding tert-OH is 1. The minimum absolute atomic E-state index is 0.119. The molecule has 3 aromatic rings. The molecule has 128 valence electrons. The maximum Gasteiger partial charge on any atom is 0.141 e. The largest absolute Gasteiger partial charge is 0.393 e. The lowest BCUT2D eigenvalue weighted by atomic mass is 9.90. The van der Waals surface area contributed by atoms with Gasteiger partial charge in [-0.15, -0.1) is 0 Å². The first-order chi connectivity index (χ1) is 12.1. The first kappa shape index (κ1) is 15.7. The Hall–Kier alpha value is -2.76. The predicted octanol–water partition coefficient (Wildman–Crippen LogP) is 1.55. The standard InChI is InChI=1S/C17H18N6O2/c18-5-2-14(17(25)4-1-12(24)7-17)23-9-11(8-22-23)15-13-3-6-19-16(13)21-10-20-15/h3,6,8-10,12,14,24-25H,1-2,4,7H2,(H,19,20,21). The number of aromatic nitrogens is 5. The average molecular weight is 338 g/mol. The topological polar surface area (TPSA) is 124 Å². The maximum atomic E-state index is 10.9. The Kier molecular flexibility index (Phi) is 3.75. The third-order valence-electron chi connectivity index (χ3n) is 4.95. The molecule has 3 heterocycles. The van der Waals surface area contributed by atoms with Crippen molar-refractivity contribution in [1.82, 2.24) is 24.7 Å². The molecule has 0 aliphatic heterocycles. The van der Waals surface area contributed by atoms with Crippen LogP contribution in [0.3, 0.4) is 0 Å². The third-order valence-corrected chi connectivity index (χ3v) is 4.95. The Morgan fingerprint density at radius 3 is 3.12 bits per heavy atom. The van der Waals surface area contributed by atoms with Gasteiger partial charge in [0.1, 0.15) is 12.0 Å². The fourth-order valence-corrected chi connectivity index (χ4v) is 3.68. The minimum Gasteiger partial charge on any atom is -0.393 e. The van der Waals surface area contributed by atoms with Crippen molar-refractivity contribution in [1.29, 1.82) is 5.26 Å². The monoisotopic (exact) mass is 338 g/mol. The number of nitrogens with zero attached hydrogens (tertiary/aromatic N) is 5. The number of rotatable bonds is 4. The van der Waals surface area contributed by atoms with Crippen LogP contribution in [0.4, 0.5) is 0 Å². The van der Waals surface area contributed by atoms with Gasteiger partial charge in [0.05, 0.1) is 42.1 Å². The second-order valence-corrected chi connectivity index (χ2v) is 6.55. The smallest absolute Gasteiger partial charge is 0.141 e. The summed E-state index contributed by atoms with van der Waals surface area (Å²) in [7, 11) is 0. The van der Waals surface area contributed by atoms with Crippen LogP contribution >= 0.6 is 0 Å². The van der Waals surface area contributed by atoms with Crippen LogP contribution in [0.25, 0.3) is 22.3 Å². The van der Waals surface area contributed by atoms with Gasteiger partial charge in [-0.3, -0.25) is 4.68 Å². The zero-order valence-corrected chi connectivity index (χ0v) is 13.5. The van der Waals surface area contributed by atoms with E-state index in [0.29, 0.717) is 12.8 Å². The summed E-state index contributed by atoms with van der Waals surface area (Å²) in [6.07, 6.45) is 7.56. The molecule has 3 aromatic heterocycles. The van der Waals surface area contributed by atoms with Crippen LogP contribution in [0.2, 0.25) is 0 Å². The fourth-order valence-electron chi connectivity index (χ4n) is 3.68. The summed E-state index contributed by atoms with van der Waals surface area (Å²) in [6.45, 7) is 0. The summed E-state index contributed by atoms with van der Waals surface area (Å²) < 4.78 is 1.62. The minimum atomic E-state index is -1.13. The van der Waals surface area contributed by atoms with Gasteiger partial charge in [0.15, 0.2) is 0 Å². The van der Waals surface area contributed by atoms with Gasteiger partial charge < -0.3 is 15.2 Å². The number of fused-ring (bicyclic) bond motifs is 1. The highest BCUT2D eigenvalue weighted by atomic mass is 16.3. The summed E-state index contributed by atoms with van der Waals surface area (Å²) in [6, 6.07) is 3.52. The third kappa shape index (κ3) is 2.67. The Balaban J connectivity index is 1.72. The first-order valence-electron chi connectivity index (χ1n) is 8.21. The first-order valence-corrected chi connectivity index (χ1v) is 8.21. The second-order valence-electron chi connectivity index (χ2n) is 6.55. The molecule has 1 aliphatic carbocycles. The Bertz CT molecular complexity index is 942. The molecule has 0 amide bonds. The molecule has 3 atom stereocenters. The van der Waals surface area contributed by atoms with Crippen LogP contribution in [0.15, 0.2) is 31.0 Å². The van der Waals surface area contributed by atoms with Gasteiger partial charge in [-0.2, -0.15) is 10.4 Å². The number of aromatic amines is 1. The van der Waals surface area contributed by atoms with Crippen molar-refractivity contribution in [3.05, 3.63) is 31.0 Å². The van der Waals surface area contributed by atoms with E-state index >= 15 is 0 Å². The van der Waals surface area contributed by atoms with Crippen molar-refractivity contribution in [3.8, 4) is 17.3 Å². The van der Waals surface area contributed by atoms with Crippen molar-refractivity contribution in [2.45, 2.75) is 43.4 Å². The van der Waals surface area contributed by atoms with Crippen LogP contribution < -0.4 is 0 Å². The Labute approximate surface area is 143 Å². The van der Waals surface area contributed by atoms with E-state index in [1.54, 1.807) is 23.3 Å². The normalized spacial score (nSPS) is 24.4. The van der Waals surface area contributed by atoms with E-state index in [9.17, 15) is 15.5 Å². The van der Waals surface area contributed by atoms with E-state index in [4.69, 9.17) is 0 Å². The molecule has 0 radical (unpaired) electrons. The van der Waals surface area contributed by atoms with Crippen molar-refractivity contribution >= 4 is 11.0 Å². The molecule has 0 aromatic carbocycles. The van der Waals surface area contributed by atoms with Crippen molar-refractivity contribution in [3.63, 3.8) is 0 Å². The van der Waals surface area contributed by atoms with Crippen LogP contribution in [0, 0.1) is 11.3 Å².